The number of amides is 1. The van der Waals surface area contributed by atoms with E-state index in [2.05, 4.69) is 10.00 Å². The zero-order valence-electron chi connectivity index (χ0n) is 19.1. The van der Waals surface area contributed by atoms with E-state index in [0.29, 0.717) is 24.3 Å². The molecule has 4 heterocycles. The molecule has 0 radical (unpaired) electrons. The van der Waals surface area contributed by atoms with Crippen LogP contribution in [0.2, 0.25) is 5.02 Å². The second kappa shape index (κ2) is 8.90. The van der Waals surface area contributed by atoms with Gasteiger partial charge in [-0.3, -0.25) is 9.69 Å². The largest absolute Gasteiger partial charge is 0.416 e. The summed E-state index contributed by atoms with van der Waals surface area (Å²) < 4.78 is 41.0. The monoisotopic (exact) mass is 524 g/mol. The Morgan fingerprint density at radius 2 is 1.89 bits per heavy atom. The molecule has 0 aliphatic carbocycles. The van der Waals surface area contributed by atoms with Crippen LogP contribution in [-0.4, -0.2) is 56.6 Å². The molecule has 6 nitrogen and oxygen atoms in total. The van der Waals surface area contributed by atoms with Gasteiger partial charge in [-0.1, -0.05) is 17.7 Å². The smallest absolute Gasteiger partial charge is 0.323 e. The number of Topliss-reactive ketones (excluding diaryl/α,β-unsaturated/α-hetero) is 1. The molecule has 35 heavy (non-hydrogen) atoms. The molecule has 0 unspecified atom stereocenters. The predicted molar refractivity (Wildman–Crippen MR) is 128 cm³/mol. The molecule has 1 aromatic carbocycles. The van der Waals surface area contributed by atoms with Crippen LogP contribution in [0.3, 0.4) is 0 Å². The first kappa shape index (κ1) is 24.3. The maximum absolute atomic E-state index is 13.1. The van der Waals surface area contributed by atoms with E-state index in [1.165, 1.54) is 30.5 Å². The van der Waals surface area contributed by atoms with Gasteiger partial charge in [0.05, 0.1) is 16.8 Å². The van der Waals surface area contributed by atoms with Gasteiger partial charge in [-0.25, -0.2) is 4.79 Å². The van der Waals surface area contributed by atoms with Crippen LogP contribution in [0, 0.1) is 0 Å². The Morgan fingerprint density at radius 1 is 1.14 bits per heavy atom. The highest BCUT2D eigenvalue weighted by atomic mass is 35.5. The number of halogens is 4. The van der Waals surface area contributed by atoms with Gasteiger partial charge < -0.3 is 4.90 Å². The van der Waals surface area contributed by atoms with Crippen molar-refractivity contribution < 1.29 is 22.8 Å². The molecule has 3 aromatic rings. The number of alkyl halides is 3. The summed E-state index contributed by atoms with van der Waals surface area (Å²) in [6.07, 6.45) is 0.706. The van der Waals surface area contributed by atoms with Crippen molar-refractivity contribution >= 4 is 44.8 Å². The molecule has 2 aromatic heterocycles. The topological polar surface area (TPSA) is 58.4 Å². The first-order chi connectivity index (χ1) is 16.6. The molecular formula is C24H24ClF3N4O2S. The summed E-state index contributed by atoms with van der Waals surface area (Å²) in [5, 5.41) is 5.04. The summed E-state index contributed by atoms with van der Waals surface area (Å²) in [6.45, 7) is 4.08. The maximum atomic E-state index is 13.1. The summed E-state index contributed by atoms with van der Waals surface area (Å²) >= 11 is 7.45. The molecular weight excluding hydrogens is 501 g/mol. The van der Waals surface area contributed by atoms with Gasteiger partial charge in [0.15, 0.2) is 5.78 Å². The minimum atomic E-state index is -4.35. The summed E-state index contributed by atoms with van der Waals surface area (Å²) in [4.78, 5) is 29.7. The van der Waals surface area contributed by atoms with Crippen LogP contribution < -0.4 is 0 Å². The van der Waals surface area contributed by atoms with Crippen molar-refractivity contribution in [3.05, 3.63) is 51.6 Å². The van der Waals surface area contributed by atoms with Crippen molar-refractivity contribution in [3.8, 4) is 0 Å². The van der Waals surface area contributed by atoms with E-state index >= 15 is 0 Å². The summed E-state index contributed by atoms with van der Waals surface area (Å²) in [5.41, 5.74) is -0.570. The molecule has 0 N–H and O–H groups in total. The minimum absolute atomic E-state index is 0.0314. The number of hydrogen-bond donors (Lipinski definition) is 0. The number of ketones is 1. The number of thiophene rings is 1. The number of rotatable bonds is 3. The molecule has 0 bridgehead atoms. The van der Waals surface area contributed by atoms with Crippen LogP contribution in [-0.2, 0) is 12.7 Å². The number of nitrogens with zero attached hydrogens (tertiary/aromatic N) is 4. The van der Waals surface area contributed by atoms with Crippen molar-refractivity contribution in [1.82, 2.24) is 19.6 Å². The van der Waals surface area contributed by atoms with E-state index in [0.717, 1.165) is 53.2 Å². The molecule has 1 spiro atoms. The molecule has 1 amide bonds. The highest BCUT2D eigenvalue weighted by Crippen LogP contribution is 2.41. The molecule has 186 valence electrons. The predicted octanol–water partition coefficient (Wildman–Crippen LogP) is 6.07. The summed E-state index contributed by atoms with van der Waals surface area (Å²) in [6, 6.07) is 5.59. The van der Waals surface area contributed by atoms with Gasteiger partial charge in [0.1, 0.15) is 5.69 Å². The van der Waals surface area contributed by atoms with Gasteiger partial charge in [0.25, 0.3) is 0 Å². The highest BCUT2D eigenvalue weighted by Gasteiger charge is 2.44. The van der Waals surface area contributed by atoms with E-state index in [-0.39, 0.29) is 28.1 Å². The Hall–Kier alpha value is -2.43. The SMILES string of the molecule is CC(=O)c1nn(C(=O)N2CCC3(CCCN3Cc3cc4ccc(C(F)(F)F)cc4s3)CC2)cc1Cl. The van der Waals surface area contributed by atoms with Crippen LogP contribution in [0.15, 0.2) is 30.5 Å². The number of carbonyl (C=O) groups excluding carboxylic acids is 2. The highest BCUT2D eigenvalue weighted by molar-refractivity contribution is 7.19. The number of hydrogen-bond acceptors (Lipinski definition) is 5. The van der Waals surface area contributed by atoms with Crippen molar-refractivity contribution in [2.24, 2.45) is 0 Å². The van der Waals surface area contributed by atoms with E-state index in [9.17, 15) is 22.8 Å². The first-order valence-corrected chi connectivity index (χ1v) is 12.7. The van der Waals surface area contributed by atoms with Crippen LogP contribution in [0.1, 0.15) is 53.5 Å². The van der Waals surface area contributed by atoms with Crippen LogP contribution >= 0.6 is 22.9 Å². The van der Waals surface area contributed by atoms with E-state index in [1.54, 1.807) is 11.0 Å². The van der Waals surface area contributed by atoms with Crippen LogP contribution in [0.25, 0.3) is 10.1 Å². The average molecular weight is 525 g/mol. The van der Waals surface area contributed by atoms with E-state index in [1.807, 2.05) is 6.07 Å². The van der Waals surface area contributed by atoms with Crippen molar-refractivity contribution in [2.75, 3.05) is 19.6 Å². The average Bonchev–Trinajstić information content (AvgIpc) is 3.50. The van der Waals surface area contributed by atoms with Gasteiger partial charge in [-0.2, -0.15) is 23.0 Å². The fourth-order valence-corrected chi connectivity index (χ4v) is 6.67. The van der Waals surface area contributed by atoms with Gasteiger partial charge in [-0.05, 0) is 55.8 Å². The molecule has 2 aliphatic heterocycles. The number of carbonyl (C=O) groups is 2. The molecule has 5 rings (SSSR count). The first-order valence-electron chi connectivity index (χ1n) is 11.5. The lowest BCUT2D eigenvalue weighted by molar-refractivity contribution is -0.137. The Morgan fingerprint density at radius 3 is 2.54 bits per heavy atom. The molecule has 2 aliphatic rings. The van der Waals surface area contributed by atoms with Crippen molar-refractivity contribution in [3.63, 3.8) is 0 Å². The quantitative estimate of drug-likeness (QED) is 0.390. The zero-order valence-corrected chi connectivity index (χ0v) is 20.6. The zero-order chi connectivity index (χ0) is 25.0. The number of aromatic nitrogens is 2. The normalized spacial score (nSPS) is 18.6. The Bertz CT molecular complexity index is 1290. The van der Waals surface area contributed by atoms with Gasteiger partial charge in [0, 0.05) is 41.7 Å². The van der Waals surface area contributed by atoms with Gasteiger partial charge in [0.2, 0.25) is 0 Å². The van der Waals surface area contributed by atoms with Crippen molar-refractivity contribution in [2.45, 2.75) is 50.9 Å². The molecule has 11 heteroatoms. The van der Waals surface area contributed by atoms with Crippen molar-refractivity contribution in [1.29, 1.82) is 0 Å². The lowest BCUT2D eigenvalue weighted by Gasteiger charge is -2.44. The van der Waals surface area contributed by atoms with E-state index in [4.69, 9.17) is 11.6 Å². The minimum Gasteiger partial charge on any atom is -0.323 e. The second-order valence-electron chi connectivity index (χ2n) is 9.31. The number of likely N-dealkylation sites (tertiary alicyclic amines) is 2. The third-order valence-electron chi connectivity index (χ3n) is 7.15. The van der Waals surface area contributed by atoms with E-state index < -0.39 is 11.7 Å². The maximum Gasteiger partial charge on any atom is 0.416 e. The van der Waals surface area contributed by atoms with Crippen LogP contribution in [0.5, 0.6) is 0 Å². The lowest BCUT2D eigenvalue weighted by atomic mass is 9.85. The standard InChI is InChI=1S/C24H24ClF3N4O2S/c1-15(33)21-19(25)14-32(29-21)22(34)30-9-6-23(7-10-30)5-2-8-31(23)13-18-11-16-3-4-17(24(26,27)28)12-20(16)35-18/h3-4,11-12,14H,2,5-10,13H2,1H3. The second-order valence-corrected chi connectivity index (χ2v) is 10.9. The lowest BCUT2D eigenvalue weighted by Crippen LogP contribution is -2.53. The Labute approximate surface area is 209 Å². The number of piperidine rings is 1. The van der Waals surface area contributed by atoms with Gasteiger partial charge in [-0.15, -0.1) is 11.3 Å². The third-order valence-corrected chi connectivity index (χ3v) is 8.51. The molecule has 2 fully saturated rings. The Balaban J connectivity index is 1.27. The fourth-order valence-electron chi connectivity index (χ4n) is 5.28. The van der Waals surface area contributed by atoms with Gasteiger partial charge >= 0.3 is 12.2 Å². The van der Waals surface area contributed by atoms with Crippen LogP contribution in [0.4, 0.5) is 18.0 Å². The fraction of sp³-hybridized carbons (Fsp3) is 0.458. The Kier molecular flexibility index (Phi) is 6.17. The third kappa shape index (κ3) is 4.59. The number of fused-ring (bicyclic) bond motifs is 1. The number of benzene rings is 1. The molecule has 0 atom stereocenters. The summed E-state index contributed by atoms with van der Waals surface area (Å²) in [7, 11) is 0. The molecule has 0 saturated carbocycles. The summed E-state index contributed by atoms with van der Waals surface area (Å²) in [5.74, 6) is -0.295. The molecule has 2 saturated heterocycles.